The van der Waals surface area contributed by atoms with E-state index in [9.17, 15) is 9.18 Å². The predicted molar refractivity (Wildman–Crippen MR) is 116 cm³/mol. The molecule has 164 valence electrons. The second-order valence-electron chi connectivity index (χ2n) is 7.29. The molecule has 0 N–H and O–H groups in total. The summed E-state index contributed by atoms with van der Waals surface area (Å²) >= 11 is 0. The predicted octanol–water partition coefficient (Wildman–Crippen LogP) is 4.51. The fourth-order valence-electron chi connectivity index (χ4n) is 3.14. The third kappa shape index (κ3) is 6.39. The fourth-order valence-corrected chi connectivity index (χ4v) is 3.14. The summed E-state index contributed by atoms with van der Waals surface area (Å²) in [6.45, 7) is 6.68. The van der Waals surface area contributed by atoms with Crippen LogP contribution in [-0.4, -0.2) is 40.9 Å². The second kappa shape index (κ2) is 10.7. The van der Waals surface area contributed by atoms with Crippen molar-refractivity contribution in [1.82, 2.24) is 14.8 Å². The van der Waals surface area contributed by atoms with Gasteiger partial charge >= 0.3 is 0 Å². The number of hydrogen-bond donors (Lipinski definition) is 0. The first-order chi connectivity index (χ1) is 15.0. The Labute approximate surface area is 182 Å². The number of hydrogen-bond acceptors (Lipinski definition) is 5. The van der Waals surface area contributed by atoms with Gasteiger partial charge in [0.2, 0.25) is 5.89 Å². The van der Waals surface area contributed by atoms with Gasteiger partial charge in [-0.2, -0.15) is 0 Å². The van der Waals surface area contributed by atoms with Crippen LogP contribution in [0.1, 0.15) is 41.4 Å². The minimum absolute atomic E-state index is 0.172. The van der Waals surface area contributed by atoms with E-state index in [2.05, 4.69) is 9.88 Å². The summed E-state index contributed by atoms with van der Waals surface area (Å²) in [7, 11) is 1.73. The van der Waals surface area contributed by atoms with Crippen LogP contribution in [0.25, 0.3) is 0 Å². The Morgan fingerprint density at radius 3 is 2.19 bits per heavy atom. The zero-order chi connectivity index (χ0) is 22.2. The quantitative estimate of drug-likeness (QED) is 0.478. The normalized spacial score (nSPS) is 11.0. The molecule has 0 spiro atoms. The Kier molecular flexibility index (Phi) is 7.78. The van der Waals surface area contributed by atoms with Crippen molar-refractivity contribution in [2.75, 3.05) is 20.2 Å². The summed E-state index contributed by atoms with van der Waals surface area (Å²) in [5.74, 6) is 0.847. The average Bonchev–Trinajstić information content (AvgIpc) is 3.24. The van der Waals surface area contributed by atoms with Gasteiger partial charge in [0.05, 0.1) is 13.2 Å². The summed E-state index contributed by atoms with van der Waals surface area (Å²) in [5, 5.41) is 0. The van der Waals surface area contributed by atoms with Crippen molar-refractivity contribution in [2.45, 2.75) is 33.5 Å². The molecule has 6 nitrogen and oxygen atoms in total. The number of nitrogens with zero attached hydrogens (tertiary/aromatic N) is 3. The third-order valence-corrected chi connectivity index (χ3v) is 4.91. The highest BCUT2D eigenvalue weighted by Gasteiger charge is 2.18. The molecule has 0 bridgehead atoms. The van der Waals surface area contributed by atoms with E-state index in [4.69, 9.17) is 9.15 Å². The van der Waals surface area contributed by atoms with Crippen LogP contribution in [0.3, 0.4) is 0 Å². The maximum Gasteiger partial charge on any atom is 0.275 e. The molecule has 1 amide bonds. The van der Waals surface area contributed by atoms with Crippen molar-refractivity contribution in [3.05, 3.63) is 83.3 Å². The summed E-state index contributed by atoms with van der Waals surface area (Å²) in [5.41, 5.74) is 2.36. The number of rotatable bonds is 10. The SMILES string of the molecule is CCOc1ccc(CN(Cc2ccc(F)cc2)Cc2nc(C(=O)N(C)CC)co2)cc1. The number of halogens is 1. The van der Waals surface area contributed by atoms with Gasteiger partial charge in [-0.15, -0.1) is 0 Å². The number of aromatic nitrogens is 1. The molecule has 0 aliphatic carbocycles. The summed E-state index contributed by atoms with van der Waals surface area (Å²) in [6, 6.07) is 14.4. The summed E-state index contributed by atoms with van der Waals surface area (Å²) in [4.78, 5) is 20.4. The van der Waals surface area contributed by atoms with Gasteiger partial charge in [-0.3, -0.25) is 9.69 Å². The van der Waals surface area contributed by atoms with Crippen LogP contribution in [0.2, 0.25) is 0 Å². The Morgan fingerprint density at radius 2 is 1.61 bits per heavy atom. The van der Waals surface area contributed by atoms with Gasteiger partial charge in [-0.05, 0) is 49.2 Å². The standard InChI is InChI=1S/C24H28FN3O3/c1-4-27(3)24(29)22-17-31-23(26-22)16-28(14-18-6-10-20(25)11-7-18)15-19-8-12-21(13-9-19)30-5-2/h6-13,17H,4-5,14-16H2,1-3H3. The average molecular weight is 426 g/mol. The Bertz CT molecular complexity index is 970. The number of carbonyl (C=O) groups is 1. The highest BCUT2D eigenvalue weighted by atomic mass is 19.1. The molecule has 1 aromatic heterocycles. The number of ether oxygens (including phenoxy) is 1. The van der Waals surface area contributed by atoms with Crippen molar-refractivity contribution >= 4 is 5.91 Å². The molecule has 31 heavy (non-hydrogen) atoms. The molecule has 0 saturated carbocycles. The number of amides is 1. The minimum atomic E-state index is -0.266. The van der Waals surface area contributed by atoms with Gasteiger partial charge in [0.25, 0.3) is 5.91 Å². The molecule has 1 heterocycles. The third-order valence-electron chi connectivity index (χ3n) is 4.91. The fraction of sp³-hybridized carbons (Fsp3) is 0.333. The molecule has 7 heteroatoms. The van der Waals surface area contributed by atoms with Crippen molar-refractivity contribution in [3.8, 4) is 5.75 Å². The lowest BCUT2D eigenvalue weighted by molar-refractivity contribution is 0.0796. The molecular formula is C24H28FN3O3. The van der Waals surface area contributed by atoms with Crippen LogP contribution in [0.5, 0.6) is 5.75 Å². The Morgan fingerprint density at radius 1 is 1.00 bits per heavy atom. The van der Waals surface area contributed by atoms with Gasteiger partial charge in [0.1, 0.15) is 17.8 Å². The molecule has 0 radical (unpaired) electrons. The first kappa shape index (κ1) is 22.5. The van der Waals surface area contributed by atoms with Gasteiger partial charge in [0, 0.05) is 26.7 Å². The maximum atomic E-state index is 13.3. The number of carbonyl (C=O) groups excluding carboxylic acids is 1. The summed E-state index contributed by atoms with van der Waals surface area (Å²) < 4.78 is 24.4. The highest BCUT2D eigenvalue weighted by molar-refractivity contribution is 5.91. The molecule has 3 aromatic rings. The summed E-state index contributed by atoms with van der Waals surface area (Å²) in [6.07, 6.45) is 1.40. The van der Waals surface area contributed by atoms with Crippen molar-refractivity contribution in [1.29, 1.82) is 0 Å². The maximum absolute atomic E-state index is 13.3. The van der Waals surface area contributed by atoms with Crippen molar-refractivity contribution in [3.63, 3.8) is 0 Å². The molecule has 0 saturated heterocycles. The van der Waals surface area contributed by atoms with Crippen LogP contribution >= 0.6 is 0 Å². The van der Waals surface area contributed by atoms with E-state index in [1.165, 1.54) is 18.4 Å². The van der Waals surface area contributed by atoms with E-state index in [0.717, 1.165) is 16.9 Å². The second-order valence-corrected chi connectivity index (χ2v) is 7.29. The molecule has 0 atom stereocenters. The molecule has 2 aromatic carbocycles. The van der Waals surface area contributed by atoms with Crippen LogP contribution in [0, 0.1) is 5.82 Å². The van der Waals surface area contributed by atoms with E-state index in [1.807, 2.05) is 38.1 Å². The van der Waals surface area contributed by atoms with E-state index in [0.29, 0.717) is 44.4 Å². The lowest BCUT2D eigenvalue weighted by Crippen LogP contribution is -2.26. The first-order valence-electron chi connectivity index (χ1n) is 10.4. The molecular weight excluding hydrogens is 397 g/mol. The van der Waals surface area contributed by atoms with Gasteiger partial charge < -0.3 is 14.1 Å². The highest BCUT2D eigenvalue weighted by Crippen LogP contribution is 2.18. The van der Waals surface area contributed by atoms with E-state index in [1.54, 1.807) is 24.1 Å². The lowest BCUT2D eigenvalue weighted by Gasteiger charge is -2.21. The Balaban J connectivity index is 1.76. The zero-order valence-electron chi connectivity index (χ0n) is 18.2. The first-order valence-corrected chi connectivity index (χ1v) is 10.4. The van der Waals surface area contributed by atoms with Gasteiger partial charge in [0.15, 0.2) is 5.69 Å². The van der Waals surface area contributed by atoms with Crippen LogP contribution < -0.4 is 4.74 Å². The van der Waals surface area contributed by atoms with E-state index >= 15 is 0 Å². The molecule has 0 aliphatic rings. The van der Waals surface area contributed by atoms with Crippen molar-refractivity contribution < 1.29 is 18.3 Å². The monoisotopic (exact) mass is 425 g/mol. The van der Waals surface area contributed by atoms with Crippen molar-refractivity contribution in [2.24, 2.45) is 0 Å². The molecule has 0 unspecified atom stereocenters. The smallest absolute Gasteiger partial charge is 0.275 e. The van der Waals surface area contributed by atoms with Crippen LogP contribution in [0.15, 0.2) is 59.2 Å². The lowest BCUT2D eigenvalue weighted by atomic mass is 10.1. The van der Waals surface area contributed by atoms with E-state index < -0.39 is 0 Å². The number of oxazole rings is 1. The Hall–Kier alpha value is -3.19. The van der Waals surface area contributed by atoms with Gasteiger partial charge in [-0.25, -0.2) is 9.37 Å². The van der Waals surface area contributed by atoms with Crippen LogP contribution in [0.4, 0.5) is 4.39 Å². The zero-order valence-corrected chi connectivity index (χ0v) is 18.2. The largest absolute Gasteiger partial charge is 0.494 e. The van der Waals surface area contributed by atoms with E-state index in [-0.39, 0.29) is 11.7 Å². The minimum Gasteiger partial charge on any atom is -0.494 e. The molecule has 0 fully saturated rings. The topological polar surface area (TPSA) is 58.8 Å². The van der Waals surface area contributed by atoms with Gasteiger partial charge in [-0.1, -0.05) is 24.3 Å². The molecule has 3 rings (SSSR count). The number of benzene rings is 2. The molecule has 0 aliphatic heterocycles. The van der Waals surface area contributed by atoms with Crippen LogP contribution in [-0.2, 0) is 19.6 Å².